The summed E-state index contributed by atoms with van der Waals surface area (Å²) in [7, 11) is 2.16. The van der Waals surface area contributed by atoms with Crippen molar-refractivity contribution in [2.24, 2.45) is 0 Å². The lowest BCUT2D eigenvalue weighted by molar-refractivity contribution is -0.0950. The standard InChI is InChI=1S/C23H25N3O2/c1-25(13-17-5-3-2-4-6-17)20-12-23(28-14-20)15-26(16-23)22(27)19-8-7-18-9-10-24-21(18)11-19/h2-11,20,24H,12-16H2,1H3. The number of hydrogen-bond acceptors (Lipinski definition) is 3. The molecule has 1 spiro atoms. The number of benzene rings is 2. The monoisotopic (exact) mass is 375 g/mol. The highest BCUT2D eigenvalue weighted by Gasteiger charge is 2.52. The molecule has 5 rings (SSSR count). The van der Waals surface area contributed by atoms with Gasteiger partial charge in [-0.25, -0.2) is 0 Å². The first-order chi connectivity index (χ1) is 13.6. The van der Waals surface area contributed by atoms with Crippen molar-refractivity contribution in [3.05, 3.63) is 71.9 Å². The number of carbonyl (C=O) groups is 1. The molecule has 0 saturated carbocycles. The molecule has 3 heterocycles. The minimum Gasteiger partial charge on any atom is -0.370 e. The van der Waals surface area contributed by atoms with E-state index in [4.69, 9.17) is 4.74 Å². The van der Waals surface area contributed by atoms with Gasteiger partial charge in [0.2, 0.25) is 0 Å². The molecule has 2 saturated heterocycles. The SMILES string of the molecule is CN(Cc1ccccc1)C1COC2(C1)CN(C(=O)c1ccc3cc[nH]c3c1)C2. The van der Waals surface area contributed by atoms with Crippen LogP contribution in [-0.4, -0.2) is 59.1 Å². The maximum absolute atomic E-state index is 12.8. The summed E-state index contributed by atoms with van der Waals surface area (Å²) in [5.74, 6) is 0.0896. The minimum absolute atomic E-state index is 0.0896. The molecule has 1 atom stereocenters. The fourth-order valence-electron chi connectivity index (χ4n) is 4.48. The molecule has 28 heavy (non-hydrogen) atoms. The van der Waals surface area contributed by atoms with Gasteiger partial charge in [-0.05, 0) is 42.6 Å². The molecule has 0 aliphatic carbocycles. The van der Waals surface area contributed by atoms with Crippen LogP contribution in [-0.2, 0) is 11.3 Å². The van der Waals surface area contributed by atoms with Crippen molar-refractivity contribution in [2.45, 2.75) is 24.6 Å². The van der Waals surface area contributed by atoms with Gasteiger partial charge in [-0.2, -0.15) is 0 Å². The van der Waals surface area contributed by atoms with Crippen LogP contribution in [0.4, 0.5) is 0 Å². The van der Waals surface area contributed by atoms with E-state index in [0.717, 1.165) is 36.0 Å². The Morgan fingerprint density at radius 2 is 2.04 bits per heavy atom. The highest BCUT2D eigenvalue weighted by atomic mass is 16.5. The largest absolute Gasteiger partial charge is 0.370 e. The molecule has 2 aliphatic rings. The smallest absolute Gasteiger partial charge is 0.254 e. The Bertz CT molecular complexity index is 991. The molecule has 5 nitrogen and oxygen atoms in total. The number of ether oxygens (including phenoxy) is 1. The van der Waals surface area contributed by atoms with E-state index in [1.807, 2.05) is 41.4 Å². The van der Waals surface area contributed by atoms with E-state index in [2.05, 4.69) is 41.2 Å². The van der Waals surface area contributed by atoms with Crippen molar-refractivity contribution in [3.8, 4) is 0 Å². The number of nitrogens with zero attached hydrogens (tertiary/aromatic N) is 2. The molecule has 1 aromatic heterocycles. The number of rotatable bonds is 4. The summed E-state index contributed by atoms with van der Waals surface area (Å²) in [6, 6.07) is 18.8. The predicted octanol–water partition coefficient (Wildman–Crippen LogP) is 3.28. The van der Waals surface area contributed by atoms with Gasteiger partial charge in [-0.1, -0.05) is 36.4 Å². The Balaban J connectivity index is 1.19. The molecule has 1 unspecified atom stereocenters. The van der Waals surface area contributed by atoms with Crippen LogP contribution in [0.3, 0.4) is 0 Å². The van der Waals surface area contributed by atoms with Crippen LogP contribution in [0.25, 0.3) is 10.9 Å². The van der Waals surface area contributed by atoms with Gasteiger partial charge in [0.25, 0.3) is 5.91 Å². The van der Waals surface area contributed by atoms with Gasteiger partial charge in [0.15, 0.2) is 0 Å². The lowest BCUT2D eigenvalue weighted by Gasteiger charge is -2.47. The molecule has 3 aromatic rings. The van der Waals surface area contributed by atoms with Crippen LogP contribution in [0.5, 0.6) is 0 Å². The zero-order chi connectivity index (χ0) is 19.1. The van der Waals surface area contributed by atoms with Crippen LogP contribution in [0, 0.1) is 0 Å². The number of nitrogens with one attached hydrogen (secondary N) is 1. The molecule has 0 bridgehead atoms. The van der Waals surface area contributed by atoms with Gasteiger partial charge in [0.1, 0.15) is 5.60 Å². The summed E-state index contributed by atoms with van der Waals surface area (Å²) >= 11 is 0. The lowest BCUT2D eigenvalue weighted by Crippen LogP contribution is -2.63. The summed E-state index contributed by atoms with van der Waals surface area (Å²) in [6.07, 6.45) is 2.88. The predicted molar refractivity (Wildman–Crippen MR) is 109 cm³/mol. The van der Waals surface area contributed by atoms with Crippen LogP contribution < -0.4 is 0 Å². The van der Waals surface area contributed by atoms with Gasteiger partial charge in [0.05, 0.1) is 19.7 Å². The second kappa shape index (κ2) is 6.76. The number of fused-ring (bicyclic) bond motifs is 1. The van der Waals surface area contributed by atoms with Crippen LogP contribution in [0.15, 0.2) is 60.8 Å². The maximum atomic E-state index is 12.8. The molecule has 0 radical (unpaired) electrons. The third-order valence-corrected chi connectivity index (χ3v) is 6.13. The fraction of sp³-hybridized carbons (Fsp3) is 0.348. The van der Waals surface area contributed by atoms with Crippen molar-refractivity contribution in [1.29, 1.82) is 0 Å². The fourth-order valence-corrected chi connectivity index (χ4v) is 4.48. The van der Waals surface area contributed by atoms with E-state index in [1.165, 1.54) is 5.56 Å². The Morgan fingerprint density at radius 1 is 1.21 bits per heavy atom. The van der Waals surface area contributed by atoms with Crippen LogP contribution >= 0.6 is 0 Å². The number of carbonyl (C=O) groups excluding carboxylic acids is 1. The van der Waals surface area contributed by atoms with Crippen molar-refractivity contribution in [1.82, 2.24) is 14.8 Å². The summed E-state index contributed by atoms with van der Waals surface area (Å²) in [6.45, 7) is 3.03. The number of H-pyrrole nitrogens is 1. The Labute approximate surface area is 164 Å². The average molecular weight is 375 g/mol. The van der Waals surface area contributed by atoms with E-state index in [0.29, 0.717) is 19.1 Å². The van der Waals surface area contributed by atoms with Crippen molar-refractivity contribution in [2.75, 3.05) is 26.7 Å². The second-order valence-electron chi connectivity index (χ2n) is 8.19. The van der Waals surface area contributed by atoms with E-state index >= 15 is 0 Å². The Hall–Kier alpha value is -2.63. The van der Waals surface area contributed by atoms with Crippen molar-refractivity contribution >= 4 is 16.8 Å². The topological polar surface area (TPSA) is 48.6 Å². The molecule has 5 heteroatoms. The minimum atomic E-state index is -0.165. The normalized spacial score (nSPS) is 20.8. The van der Waals surface area contributed by atoms with Crippen LogP contribution in [0.2, 0.25) is 0 Å². The summed E-state index contributed by atoms with van der Waals surface area (Å²) in [5, 5.41) is 1.13. The second-order valence-corrected chi connectivity index (χ2v) is 8.19. The number of amides is 1. The van der Waals surface area contributed by atoms with E-state index in [-0.39, 0.29) is 11.5 Å². The zero-order valence-corrected chi connectivity index (χ0v) is 16.1. The lowest BCUT2D eigenvalue weighted by atomic mass is 9.88. The van der Waals surface area contributed by atoms with Gasteiger partial charge in [-0.3, -0.25) is 9.69 Å². The molecular formula is C23H25N3O2. The first kappa shape index (κ1) is 17.5. The number of likely N-dealkylation sites (tertiary alicyclic amines) is 1. The van der Waals surface area contributed by atoms with Gasteiger partial charge in [0, 0.05) is 29.9 Å². The molecule has 1 amide bonds. The van der Waals surface area contributed by atoms with Gasteiger partial charge >= 0.3 is 0 Å². The molecule has 2 aromatic carbocycles. The van der Waals surface area contributed by atoms with Gasteiger partial charge in [-0.15, -0.1) is 0 Å². The van der Waals surface area contributed by atoms with Gasteiger partial charge < -0.3 is 14.6 Å². The first-order valence-corrected chi connectivity index (χ1v) is 9.86. The molecule has 144 valence electrons. The summed E-state index contributed by atoms with van der Waals surface area (Å²) < 4.78 is 6.18. The zero-order valence-electron chi connectivity index (χ0n) is 16.1. The Kier molecular flexibility index (Phi) is 4.22. The number of aromatic nitrogens is 1. The van der Waals surface area contributed by atoms with Crippen molar-refractivity contribution < 1.29 is 9.53 Å². The number of hydrogen-bond donors (Lipinski definition) is 1. The average Bonchev–Trinajstić information content (AvgIpc) is 3.34. The maximum Gasteiger partial charge on any atom is 0.254 e. The quantitative estimate of drug-likeness (QED) is 0.761. The summed E-state index contributed by atoms with van der Waals surface area (Å²) in [5.41, 5.74) is 2.89. The van der Waals surface area contributed by atoms with Crippen molar-refractivity contribution in [3.63, 3.8) is 0 Å². The molecular weight excluding hydrogens is 350 g/mol. The molecule has 2 aliphatic heterocycles. The third kappa shape index (κ3) is 3.11. The highest BCUT2D eigenvalue weighted by Crippen LogP contribution is 2.37. The van der Waals surface area contributed by atoms with E-state index in [1.54, 1.807) is 0 Å². The van der Waals surface area contributed by atoms with E-state index < -0.39 is 0 Å². The third-order valence-electron chi connectivity index (χ3n) is 6.13. The Morgan fingerprint density at radius 3 is 2.86 bits per heavy atom. The first-order valence-electron chi connectivity index (χ1n) is 9.86. The number of likely N-dealkylation sites (N-methyl/N-ethyl adjacent to an activating group) is 1. The summed E-state index contributed by atoms with van der Waals surface area (Å²) in [4.78, 5) is 20.3. The molecule has 1 N–H and O–H groups in total. The van der Waals surface area contributed by atoms with Crippen LogP contribution in [0.1, 0.15) is 22.3 Å². The highest BCUT2D eigenvalue weighted by molar-refractivity contribution is 5.98. The number of aromatic amines is 1. The van der Waals surface area contributed by atoms with E-state index in [9.17, 15) is 4.79 Å². The molecule has 2 fully saturated rings.